The molecule has 1 aliphatic heterocycles. The smallest absolute Gasteiger partial charge is 0.171 e. The quantitative estimate of drug-likeness (QED) is 0.569. The Labute approximate surface area is 125 Å². The summed E-state index contributed by atoms with van der Waals surface area (Å²) in [5, 5.41) is 2.05. The first-order valence-electron chi connectivity index (χ1n) is 7.37. The van der Waals surface area contributed by atoms with Crippen LogP contribution in [0.3, 0.4) is 0 Å². The predicted molar refractivity (Wildman–Crippen MR) is 83.5 cm³/mol. The molecule has 0 amide bonds. The van der Waals surface area contributed by atoms with E-state index in [1.807, 2.05) is 13.8 Å². The van der Waals surface area contributed by atoms with Gasteiger partial charge >= 0.3 is 0 Å². The molecule has 0 spiro atoms. The first-order chi connectivity index (χ1) is 9.23. The Hall–Kier alpha value is -0.420. The lowest BCUT2D eigenvalue weighted by Crippen LogP contribution is -2.66. The van der Waals surface area contributed by atoms with E-state index >= 15 is 0 Å². The molecule has 0 radical (unpaired) electrons. The van der Waals surface area contributed by atoms with Crippen LogP contribution in [0.25, 0.3) is 0 Å². The van der Waals surface area contributed by atoms with Gasteiger partial charge in [-0.15, -0.1) is 6.58 Å². The number of ether oxygens (including phenoxy) is 2. The van der Waals surface area contributed by atoms with Gasteiger partial charge < -0.3 is 9.47 Å². The van der Waals surface area contributed by atoms with E-state index in [1.54, 1.807) is 20.3 Å². The SMILES string of the molecule is C=CCON1C(C)(C)CC(OC)(OC)CC1(C)C.CC. The molecule has 0 atom stereocenters. The Kier molecular flexibility index (Phi) is 7.39. The van der Waals surface area contributed by atoms with Crippen LogP contribution in [-0.4, -0.2) is 42.8 Å². The number of nitrogens with zero attached hydrogens (tertiary/aromatic N) is 1. The van der Waals surface area contributed by atoms with Gasteiger partial charge in [0.2, 0.25) is 0 Å². The second kappa shape index (κ2) is 7.55. The lowest BCUT2D eigenvalue weighted by molar-refractivity contribution is -0.344. The van der Waals surface area contributed by atoms with Gasteiger partial charge in [-0.1, -0.05) is 19.9 Å². The van der Waals surface area contributed by atoms with Gasteiger partial charge in [0.15, 0.2) is 5.79 Å². The number of hydroxylamine groups is 2. The zero-order valence-electron chi connectivity index (χ0n) is 14.6. The largest absolute Gasteiger partial charge is 0.353 e. The topological polar surface area (TPSA) is 30.9 Å². The van der Waals surface area contributed by atoms with Crippen molar-refractivity contribution < 1.29 is 14.3 Å². The fourth-order valence-corrected chi connectivity index (χ4v) is 3.19. The Morgan fingerprint density at radius 3 is 1.70 bits per heavy atom. The lowest BCUT2D eigenvalue weighted by Gasteiger charge is -2.56. The Morgan fingerprint density at radius 2 is 1.40 bits per heavy atom. The van der Waals surface area contributed by atoms with Gasteiger partial charge in [-0.05, 0) is 27.7 Å². The molecule has 4 nitrogen and oxygen atoms in total. The molecule has 0 aliphatic carbocycles. The maximum absolute atomic E-state index is 5.85. The maximum atomic E-state index is 5.85. The molecule has 4 heteroatoms. The summed E-state index contributed by atoms with van der Waals surface area (Å²) < 4.78 is 11.3. The highest BCUT2D eigenvalue weighted by Crippen LogP contribution is 2.45. The van der Waals surface area contributed by atoms with Crippen molar-refractivity contribution in [2.24, 2.45) is 0 Å². The summed E-state index contributed by atoms with van der Waals surface area (Å²) in [6.45, 7) is 16.8. The Balaban J connectivity index is 0.00000172. The van der Waals surface area contributed by atoms with Gasteiger partial charge in [-0.25, -0.2) is 0 Å². The van der Waals surface area contributed by atoms with Crippen molar-refractivity contribution in [2.45, 2.75) is 71.2 Å². The molecule has 0 N–H and O–H groups in total. The molecule has 1 aliphatic rings. The van der Waals surface area contributed by atoms with Crippen LogP contribution in [0.4, 0.5) is 0 Å². The van der Waals surface area contributed by atoms with Gasteiger partial charge in [0.05, 0.1) is 6.61 Å². The molecular formula is C16H33NO3. The van der Waals surface area contributed by atoms with Crippen LogP contribution in [0.15, 0.2) is 12.7 Å². The van der Waals surface area contributed by atoms with Gasteiger partial charge in [-0.2, -0.15) is 5.06 Å². The molecule has 1 rings (SSSR count). The molecule has 1 saturated heterocycles. The molecule has 0 bridgehead atoms. The zero-order valence-corrected chi connectivity index (χ0v) is 14.6. The summed E-state index contributed by atoms with van der Waals surface area (Å²) >= 11 is 0. The summed E-state index contributed by atoms with van der Waals surface area (Å²) in [5.41, 5.74) is -0.340. The second-order valence-corrected chi connectivity index (χ2v) is 6.18. The minimum absolute atomic E-state index is 0.170. The average Bonchev–Trinajstić information content (AvgIpc) is 2.38. The van der Waals surface area contributed by atoms with E-state index in [0.29, 0.717) is 6.61 Å². The molecule has 1 heterocycles. The van der Waals surface area contributed by atoms with Gasteiger partial charge in [0.25, 0.3) is 0 Å². The Bertz CT molecular complexity index is 276. The van der Waals surface area contributed by atoms with E-state index in [0.717, 1.165) is 12.8 Å². The normalized spacial score (nSPS) is 23.6. The highest BCUT2D eigenvalue weighted by atomic mass is 16.7. The number of hydrogen-bond acceptors (Lipinski definition) is 4. The highest BCUT2D eigenvalue weighted by molar-refractivity contribution is 5.01. The molecule has 120 valence electrons. The third kappa shape index (κ3) is 4.29. The van der Waals surface area contributed by atoms with Crippen LogP contribution in [0, 0.1) is 0 Å². The van der Waals surface area contributed by atoms with Crippen LogP contribution in [0.1, 0.15) is 54.4 Å². The number of piperidine rings is 1. The molecule has 20 heavy (non-hydrogen) atoms. The van der Waals surface area contributed by atoms with E-state index in [2.05, 4.69) is 39.3 Å². The maximum Gasteiger partial charge on any atom is 0.171 e. The molecular weight excluding hydrogens is 254 g/mol. The van der Waals surface area contributed by atoms with Crippen LogP contribution in [-0.2, 0) is 14.3 Å². The van der Waals surface area contributed by atoms with Crippen LogP contribution in [0.5, 0.6) is 0 Å². The Morgan fingerprint density at radius 1 is 1.00 bits per heavy atom. The summed E-state index contributed by atoms with van der Waals surface area (Å²) in [6.07, 6.45) is 3.28. The van der Waals surface area contributed by atoms with Gasteiger partial charge in [-0.3, -0.25) is 4.84 Å². The van der Waals surface area contributed by atoms with E-state index in [9.17, 15) is 0 Å². The molecule has 0 aromatic heterocycles. The van der Waals surface area contributed by atoms with Crippen molar-refractivity contribution in [1.82, 2.24) is 5.06 Å². The van der Waals surface area contributed by atoms with Crippen LogP contribution >= 0.6 is 0 Å². The van der Waals surface area contributed by atoms with E-state index in [4.69, 9.17) is 14.3 Å². The van der Waals surface area contributed by atoms with Crippen molar-refractivity contribution in [3.05, 3.63) is 12.7 Å². The molecule has 0 aromatic rings. The summed E-state index contributed by atoms with van der Waals surface area (Å²) in [6, 6.07) is 0. The summed E-state index contributed by atoms with van der Waals surface area (Å²) in [7, 11) is 3.41. The average molecular weight is 287 g/mol. The van der Waals surface area contributed by atoms with E-state index in [-0.39, 0.29) is 11.1 Å². The molecule has 0 unspecified atom stereocenters. The summed E-state index contributed by atoms with van der Waals surface area (Å²) in [4.78, 5) is 5.85. The standard InChI is InChI=1S/C14H27NO3.C2H6/c1-8-9-18-15-12(2,3)10-14(16-6,17-7)11-13(15,4)5;1-2/h8H,1,9-11H2,2-7H3;1-2H3. The van der Waals surface area contributed by atoms with E-state index < -0.39 is 5.79 Å². The van der Waals surface area contributed by atoms with Crippen LogP contribution in [0.2, 0.25) is 0 Å². The minimum atomic E-state index is -0.541. The van der Waals surface area contributed by atoms with Crippen molar-refractivity contribution in [1.29, 1.82) is 0 Å². The molecule has 1 fully saturated rings. The minimum Gasteiger partial charge on any atom is -0.353 e. The van der Waals surface area contributed by atoms with Crippen molar-refractivity contribution >= 4 is 0 Å². The van der Waals surface area contributed by atoms with E-state index in [1.165, 1.54) is 0 Å². The van der Waals surface area contributed by atoms with Gasteiger partial charge in [0.1, 0.15) is 0 Å². The highest BCUT2D eigenvalue weighted by Gasteiger charge is 2.54. The third-order valence-electron chi connectivity index (χ3n) is 3.57. The van der Waals surface area contributed by atoms with Crippen molar-refractivity contribution in [3.63, 3.8) is 0 Å². The number of rotatable bonds is 5. The van der Waals surface area contributed by atoms with Crippen molar-refractivity contribution in [3.8, 4) is 0 Å². The lowest BCUT2D eigenvalue weighted by atomic mass is 9.78. The summed E-state index contributed by atoms with van der Waals surface area (Å²) in [5.74, 6) is -0.541. The zero-order chi connectivity index (χ0) is 16.0. The second-order valence-electron chi connectivity index (χ2n) is 6.18. The fourth-order valence-electron chi connectivity index (χ4n) is 3.19. The fraction of sp³-hybridized carbons (Fsp3) is 0.875. The predicted octanol–water partition coefficient (Wildman–Crippen LogP) is 3.77. The first kappa shape index (κ1) is 19.6. The third-order valence-corrected chi connectivity index (χ3v) is 3.57. The number of methoxy groups -OCH3 is 2. The van der Waals surface area contributed by atoms with Crippen LogP contribution < -0.4 is 0 Å². The number of hydrogen-bond donors (Lipinski definition) is 0. The monoisotopic (exact) mass is 287 g/mol. The van der Waals surface area contributed by atoms with Gasteiger partial charge in [0, 0.05) is 38.1 Å². The first-order valence-corrected chi connectivity index (χ1v) is 7.37. The molecule has 0 aromatic carbocycles. The molecule has 0 saturated carbocycles. The van der Waals surface area contributed by atoms with Crippen molar-refractivity contribution in [2.75, 3.05) is 20.8 Å².